The molecule has 0 saturated heterocycles. The minimum absolute atomic E-state index is 0.192. The number of halogens is 1. The molecular formula is C17H18ClNO3. The van der Waals surface area contributed by atoms with Crippen LogP contribution < -0.4 is 10.5 Å². The van der Waals surface area contributed by atoms with Gasteiger partial charge in [-0.25, -0.2) is 4.79 Å². The summed E-state index contributed by atoms with van der Waals surface area (Å²) in [6.07, 6.45) is 0. The van der Waals surface area contributed by atoms with Crippen LogP contribution in [0, 0.1) is 13.8 Å². The van der Waals surface area contributed by atoms with E-state index in [1.165, 1.54) is 19.2 Å². The molecule has 0 aliphatic rings. The zero-order chi connectivity index (χ0) is 16.3. The lowest BCUT2D eigenvalue weighted by Crippen LogP contribution is -2.08. The average Bonchev–Trinajstić information content (AvgIpc) is 2.50. The summed E-state index contributed by atoms with van der Waals surface area (Å²) >= 11 is 5.96. The largest absolute Gasteiger partial charge is 0.496 e. The van der Waals surface area contributed by atoms with Crippen LogP contribution in [0.3, 0.4) is 0 Å². The number of anilines is 1. The Morgan fingerprint density at radius 2 is 1.95 bits per heavy atom. The van der Waals surface area contributed by atoms with Gasteiger partial charge in [-0.1, -0.05) is 35.4 Å². The number of rotatable bonds is 4. The van der Waals surface area contributed by atoms with Gasteiger partial charge in [0.2, 0.25) is 0 Å². The Kier molecular flexibility index (Phi) is 4.93. The number of methoxy groups -OCH3 is 1. The van der Waals surface area contributed by atoms with Gasteiger partial charge in [0.05, 0.1) is 17.8 Å². The Hall–Kier alpha value is -2.20. The van der Waals surface area contributed by atoms with Crippen molar-refractivity contribution in [3.8, 4) is 5.75 Å². The Labute approximate surface area is 134 Å². The number of carbonyl (C=O) groups excluding carboxylic acids is 1. The van der Waals surface area contributed by atoms with Gasteiger partial charge in [-0.3, -0.25) is 0 Å². The number of nitrogen functional groups attached to an aromatic ring is 1. The van der Waals surface area contributed by atoms with Crippen LogP contribution in [0.5, 0.6) is 5.75 Å². The van der Waals surface area contributed by atoms with E-state index in [4.69, 9.17) is 26.8 Å². The highest BCUT2D eigenvalue weighted by Crippen LogP contribution is 2.29. The van der Waals surface area contributed by atoms with Crippen LogP contribution in [0.15, 0.2) is 30.3 Å². The van der Waals surface area contributed by atoms with Crippen molar-refractivity contribution in [2.75, 3.05) is 12.8 Å². The zero-order valence-corrected chi connectivity index (χ0v) is 13.5. The first-order valence-corrected chi connectivity index (χ1v) is 7.16. The van der Waals surface area contributed by atoms with E-state index in [-0.39, 0.29) is 12.2 Å². The molecule has 116 valence electrons. The summed E-state index contributed by atoms with van der Waals surface area (Å²) in [7, 11) is 1.46. The van der Waals surface area contributed by atoms with Gasteiger partial charge in [0, 0.05) is 6.07 Å². The lowest BCUT2D eigenvalue weighted by atomic mass is 10.1. The van der Waals surface area contributed by atoms with Crippen molar-refractivity contribution in [1.82, 2.24) is 0 Å². The molecule has 0 aliphatic heterocycles. The molecule has 2 rings (SSSR count). The molecule has 4 nitrogen and oxygen atoms in total. The summed E-state index contributed by atoms with van der Waals surface area (Å²) in [6.45, 7) is 4.16. The molecule has 0 unspecified atom stereocenters. The van der Waals surface area contributed by atoms with Crippen LogP contribution in [0.4, 0.5) is 5.69 Å². The molecule has 0 spiro atoms. The van der Waals surface area contributed by atoms with E-state index in [1.807, 2.05) is 32.0 Å². The Bertz CT molecular complexity index is 713. The smallest absolute Gasteiger partial charge is 0.342 e. The Balaban J connectivity index is 2.19. The third kappa shape index (κ3) is 3.52. The van der Waals surface area contributed by atoms with Gasteiger partial charge in [0.15, 0.2) is 0 Å². The number of esters is 1. The quantitative estimate of drug-likeness (QED) is 0.685. The standard InChI is InChI=1S/C17H18ClNO3/c1-10-4-5-11(2)12(6-10)9-22-17(20)13-7-14(18)15(19)8-16(13)21-3/h4-8H,9,19H2,1-3H3. The molecule has 2 N–H and O–H groups in total. The summed E-state index contributed by atoms with van der Waals surface area (Å²) in [5, 5.41) is 0.291. The van der Waals surface area contributed by atoms with Gasteiger partial charge in [-0.05, 0) is 31.0 Å². The third-order valence-electron chi connectivity index (χ3n) is 3.40. The molecular weight excluding hydrogens is 302 g/mol. The topological polar surface area (TPSA) is 61.5 Å². The van der Waals surface area contributed by atoms with E-state index in [2.05, 4.69) is 0 Å². The molecule has 0 radical (unpaired) electrons. The van der Waals surface area contributed by atoms with Crippen molar-refractivity contribution < 1.29 is 14.3 Å². The summed E-state index contributed by atoms with van der Waals surface area (Å²) in [4.78, 5) is 12.3. The van der Waals surface area contributed by atoms with Crippen molar-refractivity contribution in [2.24, 2.45) is 0 Å². The van der Waals surface area contributed by atoms with Crippen LogP contribution in [0.2, 0.25) is 5.02 Å². The molecule has 5 heteroatoms. The molecule has 2 aromatic carbocycles. The third-order valence-corrected chi connectivity index (χ3v) is 3.73. The maximum Gasteiger partial charge on any atom is 0.342 e. The molecule has 22 heavy (non-hydrogen) atoms. The fourth-order valence-electron chi connectivity index (χ4n) is 2.07. The van der Waals surface area contributed by atoms with Crippen LogP contribution in [0.1, 0.15) is 27.0 Å². The second-order valence-electron chi connectivity index (χ2n) is 5.08. The molecule has 0 aromatic heterocycles. The van der Waals surface area contributed by atoms with Crippen molar-refractivity contribution >= 4 is 23.3 Å². The number of carbonyl (C=O) groups is 1. The maximum absolute atomic E-state index is 12.3. The van der Waals surface area contributed by atoms with Gasteiger partial charge >= 0.3 is 5.97 Å². The van der Waals surface area contributed by atoms with Crippen LogP contribution in [-0.4, -0.2) is 13.1 Å². The van der Waals surface area contributed by atoms with Crippen molar-refractivity contribution in [1.29, 1.82) is 0 Å². The highest BCUT2D eigenvalue weighted by Gasteiger charge is 2.17. The number of ether oxygens (including phenoxy) is 2. The SMILES string of the molecule is COc1cc(N)c(Cl)cc1C(=O)OCc1cc(C)ccc1C. The normalized spacial score (nSPS) is 10.4. The van der Waals surface area contributed by atoms with Gasteiger partial charge in [-0.2, -0.15) is 0 Å². The van der Waals surface area contributed by atoms with E-state index < -0.39 is 5.97 Å². The monoisotopic (exact) mass is 319 g/mol. The van der Waals surface area contributed by atoms with E-state index >= 15 is 0 Å². The fourth-order valence-corrected chi connectivity index (χ4v) is 2.24. The fraction of sp³-hybridized carbons (Fsp3) is 0.235. The number of benzene rings is 2. The first-order valence-electron chi connectivity index (χ1n) is 6.78. The van der Waals surface area contributed by atoms with Crippen molar-refractivity contribution in [3.63, 3.8) is 0 Å². The predicted octanol–water partition coefficient (Wildman–Crippen LogP) is 3.90. The predicted molar refractivity (Wildman–Crippen MR) is 87.5 cm³/mol. The van der Waals surface area contributed by atoms with Gasteiger partial charge in [-0.15, -0.1) is 0 Å². The van der Waals surface area contributed by atoms with Gasteiger partial charge in [0.1, 0.15) is 17.9 Å². The summed E-state index contributed by atoms with van der Waals surface area (Å²) in [5.74, 6) is -0.160. The Morgan fingerprint density at radius 1 is 1.23 bits per heavy atom. The second-order valence-corrected chi connectivity index (χ2v) is 5.49. The summed E-state index contributed by atoms with van der Waals surface area (Å²) in [5.41, 5.74) is 9.46. The number of hydrogen-bond acceptors (Lipinski definition) is 4. The second kappa shape index (κ2) is 6.71. The molecule has 0 atom stereocenters. The molecule has 2 aromatic rings. The summed E-state index contributed by atoms with van der Waals surface area (Å²) in [6, 6.07) is 8.98. The average molecular weight is 320 g/mol. The summed E-state index contributed by atoms with van der Waals surface area (Å²) < 4.78 is 10.5. The first kappa shape index (κ1) is 16.2. The zero-order valence-electron chi connectivity index (χ0n) is 12.8. The van der Waals surface area contributed by atoms with Gasteiger partial charge in [0.25, 0.3) is 0 Å². The Morgan fingerprint density at radius 3 is 2.64 bits per heavy atom. The lowest BCUT2D eigenvalue weighted by Gasteiger charge is -2.12. The molecule has 0 saturated carbocycles. The van der Waals surface area contributed by atoms with Crippen molar-refractivity contribution in [2.45, 2.75) is 20.5 Å². The maximum atomic E-state index is 12.3. The van der Waals surface area contributed by atoms with E-state index in [1.54, 1.807) is 0 Å². The number of aryl methyl sites for hydroxylation is 2. The minimum atomic E-state index is -0.500. The number of nitrogens with two attached hydrogens (primary N) is 1. The first-order chi connectivity index (χ1) is 10.4. The number of hydrogen-bond donors (Lipinski definition) is 1. The molecule has 0 aliphatic carbocycles. The van der Waals surface area contributed by atoms with Crippen molar-refractivity contribution in [3.05, 3.63) is 57.6 Å². The van der Waals surface area contributed by atoms with Crippen LogP contribution in [0.25, 0.3) is 0 Å². The van der Waals surface area contributed by atoms with E-state index in [0.717, 1.165) is 16.7 Å². The molecule has 0 amide bonds. The highest BCUT2D eigenvalue weighted by molar-refractivity contribution is 6.33. The molecule has 0 bridgehead atoms. The molecule has 0 fully saturated rings. The van der Waals surface area contributed by atoms with Crippen LogP contribution in [-0.2, 0) is 11.3 Å². The molecule has 0 heterocycles. The van der Waals surface area contributed by atoms with E-state index in [0.29, 0.717) is 16.5 Å². The van der Waals surface area contributed by atoms with E-state index in [9.17, 15) is 4.79 Å². The minimum Gasteiger partial charge on any atom is -0.496 e. The van der Waals surface area contributed by atoms with Crippen LogP contribution >= 0.6 is 11.6 Å². The highest BCUT2D eigenvalue weighted by atomic mass is 35.5. The van der Waals surface area contributed by atoms with Gasteiger partial charge < -0.3 is 15.2 Å². The lowest BCUT2D eigenvalue weighted by molar-refractivity contribution is 0.0468.